The van der Waals surface area contributed by atoms with Crippen LogP contribution in [0.4, 0.5) is 10.5 Å². The highest BCUT2D eigenvalue weighted by molar-refractivity contribution is 8.18. The fourth-order valence-electron chi connectivity index (χ4n) is 4.01. The summed E-state index contributed by atoms with van der Waals surface area (Å²) in [7, 11) is 0. The van der Waals surface area contributed by atoms with Gasteiger partial charge in [0.25, 0.3) is 17.1 Å². The van der Waals surface area contributed by atoms with Gasteiger partial charge < -0.3 is 14.8 Å². The lowest BCUT2D eigenvalue weighted by atomic mass is 10.1. The van der Waals surface area contributed by atoms with Crippen LogP contribution in [0.2, 0.25) is 10.0 Å². The fraction of sp³-hybridized carbons (Fsp3) is 0.100. The largest absolute Gasteiger partial charge is 0.491 e. The van der Waals surface area contributed by atoms with Gasteiger partial charge in [-0.25, -0.2) is 0 Å². The molecule has 1 saturated heterocycles. The first-order valence-electron chi connectivity index (χ1n) is 12.2. The Hall–Kier alpha value is -3.98. The summed E-state index contributed by atoms with van der Waals surface area (Å²) in [6.07, 6.45) is 1.60. The monoisotopic (exact) mass is 592 g/mol. The van der Waals surface area contributed by atoms with Crippen LogP contribution >= 0.6 is 35.0 Å². The van der Waals surface area contributed by atoms with Crippen molar-refractivity contribution in [1.82, 2.24) is 4.90 Å². The Morgan fingerprint density at radius 2 is 1.68 bits per heavy atom. The molecule has 1 heterocycles. The molecule has 0 spiro atoms. The number of nitrogens with one attached hydrogen (secondary N) is 1. The molecule has 4 aromatic rings. The molecule has 0 aromatic heterocycles. The number of nitrogens with zero attached hydrogens (tertiary/aromatic N) is 1. The maximum Gasteiger partial charge on any atom is 0.293 e. The Bertz CT molecular complexity index is 1620. The third-order valence-corrected chi connectivity index (χ3v) is 7.39. The molecule has 1 fully saturated rings. The quantitative estimate of drug-likeness (QED) is 0.205. The van der Waals surface area contributed by atoms with E-state index in [1.807, 2.05) is 42.5 Å². The normalized spacial score (nSPS) is 14.2. The van der Waals surface area contributed by atoms with Gasteiger partial charge in [-0.05, 0) is 71.3 Å². The van der Waals surface area contributed by atoms with Crippen LogP contribution in [0, 0.1) is 0 Å². The summed E-state index contributed by atoms with van der Waals surface area (Å²) in [5, 5.41) is 5.17. The second kappa shape index (κ2) is 12.5. The minimum Gasteiger partial charge on any atom is -0.491 e. The number of imide groups is 1. The predicted octanol–water partition coefficient (Wildman–Crippen LogP) is 7.28. The SMILES string of the molecule is O=C(COc1ccc(/C=C2\SC(=O)N(CCOc3cccc4ccccc34)C2=O)cc1Cl)Nc1ccc(Cl)cc1. The molecule has 202 valence electrons. The van der Waals surface area contributed by atoms with E-state index in [1.165, 1.54) is 4.90 Å². The number of anilines is 1. The zero-order valence-corrected chi connectivity index (χ0v) is 23.3. The van der Waals surface area contributed by atoms with Crippen molar-refractivity contribution in [1.29, 1.82) is 0 Å². The van der Waals surface area contributed by atoms with E-state index in [1.54, 1.807) is 48.5 Å². The van der Waals surface area contributed by atoms with Crippen molar-refractivity contribution in [2.75, 3.05) is 25.1 Å². The van der Waals surface area contributed by atoms with Crippen molar-refractivity contribution in [3.05, 3.63) is 105 Å². The van der Waals surface area contributed by atoms with E-state index in [0.717, 1.165) is 22.5 Å². The van der Waals surface area contributed by atoms with E-state index in [0.29, 0.717) is 27.8 Å². The van der Waals surface area contributed by atoms with Crippen LogP contribution in [0.15, 0.2) is 89.8 Å². The lowest BCUT2D eigenvalue weighted by Gasteiger charge is -2.14. The van der Waals surface area contributed by atoms with E-state index >= 15 is 0 Å². The number of ether oxygens (including phenoxy) is 2. The summed E-state index contributed by atoms with van der Waals surface area (Å²) in [5.41, 5.74) is 1.20. The van der Waals surface area contributed by atoms with Gasteiger partial charge in [0.2, 0.25) is 0 Å². The van der Waals surface area contributed by atoms with E-state index in [9.17, 15) is 14.4 Å². The van der Waals surface area contributed by atoms with Crippen molar-refractivity contribution in [3.8, 4) is 11.5 Å². The minimum absolute atomic E-state index is 0.122. The van der Waals surface area contributed by atoms with Gasteiger partial charge >= 0.3 is 0 Å². The third kappa shape index (κ3) is 6.59. The number of fused-ring (bicyclic) bond motifs is 1. The van der Waals surface area contributed by atoms with Crippen LogP contribution in [0.5, 0.6) is 11.5 Å². The predicted molar refractivity (Wildman–Crippen MR) is 159 cm³/mol. The van der Waals surface area contributed by atoms with Crippen LogP contribution in [-0.4, -0.2) is 41.7 Å². The molecule has 0 unspecified atom stereocenters. The zero-order valence-electron chi connectivity index (χ0n) is 20.9. The van der Waals surface area contributed by atoms with Crippen molar-refractivity contribution in [3.63, 3.8) is 0 Å². The number of carbonyl (C=O) groups excluding carboxylic acids is 3. The molecule has 0 atom stereocenters. The highest BCUT2D eigenvalue weighted by atomic mass is 35.5. The van der Waals surface area contributed by atoms with E-state index in [-0.39, 0.29) is 40.8 Å². The molecule has 3 amide bonds. The smallest absolute Gasteiger partial charge is 0.293 e. The summed E-state index contributed by atoms with van der Waals surface area (Å²) >= 11 is 13.1. The van der Waals surface area contributed by atoms with Gasteiger partial charge in [0.15, 0.2) is 6.61 Å². The number of benzene rings is 4. The molecule has 0 bridgehead atoms. The number of hydrogen-bond donors (Lipinski definition) is 1. The number of halogens is 2. The van der Waals surface area contributed by atoms with Crippen molar-refractivity contribution >= 4 is 74.6 Å². The molecule has 1 N–H and O–H groups in total. The summed E-state index contributed by atoms with van der Waals surface area (Å²) < 4.78 is 11.4. The molecular weight excluding hydrogens is 571 g/mol. The van der Waals surface area contributed by atoms with Gasteiger partial charge in [-0.3, -0.25) is 19.3 Å². The Labute approximate surface area is 244 Å². The van der Waals surface area contributed by atoms with Gasteiger partial charge in [0.05, 0.1) is 16.5 Å². The molecule has 7 nitrogen and oxygen atoms in total. The maximum absolute atomic E-state index is 12.9. The van der Waals surface area contributed by atoms with Crippen LogP contribution in [0.1, 0.15) is 5.56 Å². The van der Waals surface area contributed by atoms with E-state index in [4.69, 9.17) is 32.7 Å². The average Bonchev–Trinajstić information content (AvgIpc) is 3.21. The van der Waals surface area contributed by atoms with Gasteiger partial charge in [-0.1, -0.05) is 65.7 Å². The second-order valence-corrected chi connectivity index (χ2v) is 10.5. The Morgan fingerprint density at radius 3 is 2.48 bits per heavy atom. The average molecular weight is 593 g/mol. The fourth-order valence-corrected chi connectivity index (χ4v) is 5.24. The standard InChI is InChI=1S/C30H22Cl2N2O5S/c31-21-9-11-22(12-10-21)33-28(35)18-39-26-13-8-19(16-24(26)32)17-27-29(36)34(30(37)40-27)14-15-38-25-7-3-5-20-4-1-2-6-23(20)25/h1-13,16-17H,14-15,18H2,(H,33,35)/b27-17-. The van der Waals surface area contributed by atoms with Crippen LogP contribution < -0.4 is 14.8 Å². The molecule has 4 aromatic carbocycles. The Morgan fingerprint density at radius 1 is 0.900 bits per heavy atom. The topological polar surface area (TPSA) is 84.9 Å². The number of amides is 3. The van der Waals surface area contributed by atoms with E-state index < -0.39 is 5.91 Å². The highest BCUT2D eigenvalue weighted by Crippen LogP contribution is 2.34. The van der Waals surface area contributed by atoms with Crippen LogP contribution in [-0.2, 0) is 9.59 Å². The molecule has 0 saturated carbocycles. The first-order valence-corrected chi connectivity index (χ1v) is 13.8. The molecule has 10 heteroatoms. The van der Waals surface area contributed by atoms with Crippen molar-refractivity contribution in [2.24, 2.45) is 0 Å². The molecular formula is C30H22Cl2N2O5S. The molecule has 1 aliphatic rings. The molecule has 1 aliphatic heterocycles. The summed E-state index contributed by atoms with van der Waals surface area (Å²) in [5.74, 6) is 0.246. The van der Waals surface area contributed by atoms with Crippen molar-refractivity contribution < 1.29 is 23.9 Å². The third-order valence-electron chi connectivity index (χ3n) is 5.94. The van der Waals surface area contributed by atoms with Crippen LogP contribution in [0.3, 0.4) is 0 Å². The molecule has 0 radical (unpaired) electrons. The molecule has 5 rings (SSSR count). The molecule has 40 heavy (non-hydrogen) atoms. The lowest BCUT2D eigenvalue weighted by molar-refractivity contribution is -0.123. The van der Waals surface area contributed by atoms with E-state index in [2.05, 4.69) is 5.32 Å². The first kappa shape index (κ1) is 27.6. The summed E-state index contributed by atoms with van der Waals surface area (Å²) in [4.78, 5) is 39.1. The van der Waals surface area contributed by atoms with Crippen LogP contribution in [0.25, 0.3) is 16.8 Å². The van der Waals surface area contributed by atoms with Crippen molar-refractivity contribution in [2.45, 2.75) is 0 Å². The summed E-state index contributed by atoms with van der Waals surface area (Å²) in [6.45, 7) is 0.0427. The van der Waals surface area contributed by atoms with Gasteiger partial charge in [-0.2, -0.15) is 0 Å². The zero-order chi connectivity index (χ0) is 28.1. The maximum atomic E-state index is 12.9. The minimum atomic E-state index is -0.396. The highest BCUT2D eigenvalue weighted by Gasteiger charge is 2.34. The number of thioether (sulfide) groups is 1. The first-order chi connectivity index (χ1) is 19.4. The Kier molecular flexibility index (Phi) is 8.60. The van der Waals surface area contributed by atoms with Gasteiger partial charge in [-0.15, -0.1) is 0 Å². The lowest BCUT2D eigenvalue weighted by Crippen LogP contribution is -2.32. The second-order valence-electron chi connectivity index (χ2n) is 8.69. The number of rotatable bonds is 9. The van der Waals surface area contributed by atoms with Gasteiger partial charge in [0, 0.05) is 16.1 Å². The van der Waals surface area contributed by atoms with Gasteiger partial charge in [0.1, 0.15) is 18.1 Å². The summed E-state index contributed by atoms with van der Waals surface area (Å²) in [6, 6.07) is 25.2. The Balaban J connectivity index is 1.16. The molecule has 0 aliphatic carbocycles. The number of hydrogen-bond acceptors (Lipinski definition) is 6. The number of carbonyl (C=O) groups is 3.